The zero-order chi connectivity index (χ0) is 19.9. The van der Waals surface area contributed by atoms with Gasteiger partial charge in [0, 0.05) is 24.8 Å². The summed E-state index contributed by atoms with van der Waals surface area (Å²) in [5.74, 6) is -2.00. The molecule has 2 aliphatic rings. The van der Waals surface area contributed by atoms with Gasteiger partial charge in [0.1, 0.15) is 16.4 Å². The SMILES string of the molecule is O=C(NCC[C@@H]1CCCO1)c1ccc2c(c1)NC(=O)c1cc(F)cn1S2(=O)=O. The van der Waals surface area contributed by atoms with Crippen LogP contribution in [0.2, 0.25) is 0 Å². The van der Waals surface area contributed by atoms with Crippen LogP contribution in [0.3, 0.4) is 0 Å². The molecule has 4 rings (SSSR count). The van der Waals surface area contributed by atoms with Crippen LogP contribution in [0.25, 0.3) is 0 Å². The summed E-state index contributed by atoms with van der Waals surface area (Å²) in [5, 5.41) is 5.20. The lowest BCUT2D eigenvalue weighted by Crippen LogP contribution is -2.27. The van der Waals surface area contributed by atoms with Crippen molar-refractivity contribution in [1.82, 2.24) is 9.29 Å². The molecule has 1 fully saturated rings. The van der Waals surface area contributed by atoms with Crippen molar-refractivity contribution in [3.63, 3.8) is 0 Å². The van der Waals surface area contributed by atoms with Crippen LogP contribution in [0.4, 0.5) is 10.1 Å². The van der Waals surface area contributed by atoms with Crippen LogP contribution in [0, 0.1) is 5.82 Å². The molecule has 1 aromatic carbocycles. The summed E-state index contributed by atoms with van der Waals surface area (Å²) < 4.78 is 45.1. The highest BCUT2D eigenvalue weighted by Crippen LogP contribution is 2.30. The smallest absolute Gasteiger partial charge is 0.273 e. The van der Waals surface area contributed by atoms with Gasteiger partial charge in [0.05, 0.1) is 18.0 Å². The van der Waals surface area contributed by atoms with E-state index in [4.69, 9.17) is 4.74 Å². The van der Waals surface area contributed by atoms with E-state index in [1.165, 1.54) is 18.2 Å². The molecule has 148 valence electrons. The number of rotatable bonds is 4. The van der Waals surface area contributed by atoms with Crippen molar-refractivity contribution < 1.29 is 27.1 Å². The van der Waals surface area contributed by atoms with Crippen molar-refractivity contribution in [2.75, 3.05) is 18.5 Å². The van der Waals surface area contributed by atoms with E-state index >= 15 is 0 Å². The Bertz CT molecular complexity index is 1060. The molecule has 1 atom stereocenters. The molecule has 0 saturated carbocycles. The molecule has 3 heterocycles. The number of carbonyl (C=O) groups is 2. The van der Waals surface area contributed by atoms with E-state index in [1.54, 1.807) is 0 Å². The molecule has 0 spiro atoms. The standard InChI is InChI=1S/C18H18FN3O5S/c19-12-9-15-18(24)21-14-8-11(3-4-16(14)28(25,26)22(15)10-12)17(23)20-6-5-13-2-1-7-27-13/h3-4,8-10,13H,1-2,5-7H2,(H,20,23)(H,21,24)/t13-/m0/s1. The third kappa shape index (κ3) is 3.29. The van der Waals surface area contributed by atoms with Gasteiger partial charge in [-0.05, 0) is 37.5 Å². The predicted octanol–water partition coefficient (Wildman–Crippen LogP) is 1.73. The summed E-state index contributed by atoms with van der Waals surface area (Å²) >= 11 is 0. The number of hydrogen-bond acceptors (Lipinski definition) is 5. The van der Waals surface area contributed by atoms with Gasteiger partial charge in [-0.1, -0.05) is 0 Å². The Kier molecular flexibility index (Phi) is 4.68. The molecule has 2 aromatic rings. The monoisotopic (exact) mass is 407 g/mol. The molecule has 10 heteroatoms. The number of carbonyl (C=O) groups excluding carboxylic acids is 2. The van der Waals surface area contributed by atoms with E-state index in [9.17, 15) is 22.4 Å². The van der Waals surface area contributed by atoms with Crippen molar-refractivity contribution in [3.05, 3.63) is 47.5 Å². The van der Waals surface area contributed by atoms with Gasteiger partial charge in [0.25, 0.3) is 21.8 Å². The lowest BCUT2D eigenvalue weighted by Gasteiger charge is -2.12. The summed E-state index contributed by atoms with van der Waals surface area (Å²) in [6.07, 6.45) is 3.57. The van der Waals surface area contributed by atoms with Crippen LogP contribution in [0.5, 0.6) is 0 Å². The van der Waals surface area contributed by atoms with E-state index in [0.717, 1.165) is 31.7 Å². The summed E-state index contributed by atoms with van der Waals surface area (Å²) in [7, 11) is -4.18. The number of nitrogens with zero attached hydrogens (tertiary/aromatic N) is 1. The Hall–Kier alpha value is -2.72. The minimum absolute atomic E-state index is 0.0270. The van der Waals surface area contributed by atoms with Crippen molar-refractivity contribution >= 4 is 27.5 Å². The molecule has 2 amide bonds. The maximum Gasteiger partial charge on any atom is 0.273 e. The fourth-order valence-corrected chi connectivity index (χ4v) is 4.86. The van der Waals surface area contributed by atoms with Crippen molar-refractivity contribution in [2.24, 2.45) is 0 Å². The van der Waals surface area contributed by atoms with Crippen molar-refractivity contribution in [1.29, 1.82) is 0 Å². The molecule has 1 aromatic heterocycles. The largest absolute Gasteiger partial charge is 0.378 e. The number of nitrogens with one attached hydrogen (secondary N) is 2. The minimum atomic E-state index is -4.18. The van der Waals surface area contributed by atoms with Crippen LogP contribution >= 0.6 is 0 Å². The summed E-state index contributed by atoms with van der Waals surface area (Å²) in [6, 6.07) is 4.73. The van der Waals surface area contributed by atoms with E-state index in [2.05, 4.69) is 10.6 Å². The van der Waals surface area contributed by atoms with Gasteiger partial charge in [-0.25, -0.2) is 16.8 Å². The summed E-state index contributed by atoms with van der Waals surface area (Å²) in [5.41, 5.74) is -0.156. The fourth-order valence-electron chi connectivity index (χ4n) is 3.38. The highest BCUT2D eigenvalue weighted by molar-refractivity contribution is 7.90. The molecule has 2 N–H and O–H groups in total. The second kappa shape index (κ2) is 7.02. The Labute approximate surface area is 160 Å². The zero-order valence-electron chi connectivity index (χ0n) is 14.8. The maximum atomic E-state index is 13.5. The van der Waals surface area contributed by atoms with E-state index in [-0.39, 0.29) is 33.9 Å². The quantitative estimate of drug-likeness (QED) is 0.803. The number of aromatic nitrogens is 1. The molecule has 2 aliphatic heterocycles. The topological polar surface area (TPSA) is 106 Å². The first-order chi connectivity index (χ1) is 13.4. The lowest BCUT2D eigenvalue weighted by atomic mass is 10.1. The van der Waals surface area contributed by atoms with Crippen LogP contribution in [-0.4, -0.2) is 43.5 Å². The molecule has 28 heavy (non-hydrogen) atoms. The molecule has 0 unspecified atom stereocenters. The first kappa shape index (κ1) is 18.6. The van der Waals surface area contributed by atoms with Crippen molar-refractivity contribution in [3.8, 4) is 0 Å². The Morgan fingerprint density at radius 2 is 2.18 bits per heavy atom. The van der Waals surface area contributed by atoms with E-state index < -0.39 is 21.7 Å². The van der Waals surface area contributed by atoms with Gasteiger partial charge >= 0.3 is 0 Å². The highest BCUT2D eigenvalue weighted by Gasteiger charge is 2.31. The first-order valence-corrected chi connectivity index (χ1v) is 10.3. The molecule has 8 nitrogen and oxygen atoms in total. The summed E-state index contributed by atoms with van der Waals surface area (Å²) in [6.45, 7) is 1.17. The second-order valence-corrected chi connectivity index (χ2v) is 8.47. The Morgan fingerprint density at radius 3 is 2.93 bits per heavy atom. The third-order valence-corrected chi connectivity index (χ3v) is 6.52. The lowest BCUT2D eigenvalue weighted by molar-refractivity contribution is 0.0906. The van der Waals surface area contributed by atoms with Crippen LogP contribution in [-0.2, 0) is 14.8 Å². The first-order valence-electron chi connectivity index (χ1n) is 8.85. The third-order valence-electron chi connectivity index (χ3n) is 4.79. The average molecular weight is 407 g/mol. The Morgan fingerprint density at radius 1 is 1.36 bits per heavy atom. The number of hydrogen-bond donors (Lipinski definition) is 2. The highest BCUT2D eigenvalue weighted by atomic mass is 32.2. The number of ether oxygens (including phenoxy) is 1. The molecule has 0 bridgehead atoms. The van der Waals surface area contributed by atoms with Crippen LogP contribution < -0.4 is 10.6 Å². The van der Waals surface area contributed by atoms with Gasteiger partial charge < -0.3 is 15.4 Å². The maximum absolute atomic E-state index is 13.5. The number of anilines is 1. The fraction of sp³-hybridized carbons (Fsp3) is 0.333. The van der Waals surface area contributed by atoms with Gasteiger partial charge in [-0.2, -0.15) is 0 Å². The minimum Gasteiger partial charge on any atom is -0.378 e. The van der Waals surface area contributed by atoms with Gasteiger partial charge in [0.2, 0.25) is 0 Å². The average Bonchev–Trinajstić information content (AvgIpc) is 3.29. The van der Waals surface area contributed by atoms with E-state index in [1.807, 2.05) is 0 Å². The zero-order valence-corrected chi connectivity index (χ0v) is 15.6. The van der Waals surface area contributed by atoms with Gasteiger partial charge in [-0.3, -0.25) is 9.59 Å². The predicted molar refractivity (Wildman–Crippen MR) is 97.3 cm³/mol. The molecule has 0 aliphatic carbocycles. The second-order valence-electron chi connectivity index (χ2n) is 6.69. The van der Waals surface area contributed by atoms with Gasteiger partial charge in [0.15, 0.2) is 0 Å². The van der Waals surface area contributed by atoms with Crippen molar-refractivity contribution in [2.45, 2.75) is 30.3 Å². The van der Waals surface area contributed by atoms with Crippen LogP contribution in [0.15, 0.2) is 35.4 Å². The number of amides is 2. The van der Waals surface area contributed by atoms with E-state index in [0.29, 0.717) is 16.9 Å². The summed E-state index contributed by atoms with van der Waals surface area (Å²) in [4.78, 5) is 24.5. The normalized spacial score (nSPS) is 20.0. The molecular weight excluding hydrogens is 389 g/mol. The molecular formula is C18H18FN3O5S. The molecule has 1 saturated heterocycles. The molecule has 0 radical (unpaired) electrons. The number of halogens is 1. The van der Waals surface area contributed by atoms with Gasteiger partial charge in [-0.15, -0.1) is 0 Å². The number of benzene rings is 1. The Balaban J connectivity index is 1.57. The van der Waals surface area contributed by atoms with Crippen LogP contribution in [0.1, 0.15) is 40.1 Å². The number of fused-ring (bicyclic) bond motifs is 2.